The van der Waals surface area contributed by atoms with Crippen LogP contribution in [-0.2, 0) is 10.0 Å². The van der Waals surface area contributed by atoms with Crippen LogP contribution in [0.4, 0.5) is 5.69 Å². The number of nitrogens with zero attached hydrogens (tertiary/aromatic N) is 2. The molecule has 0 spiro atoms. The molecular formula is C18H16N4O3S2. The maximum absolute atomic E-state index is 12.4. The van der Waals surface area contributed by atoms with Crippen LogP contribution in [0.5, 0.6) is 0 Å². The van der Waals surface area contributed by atoms with Crippen molar-refractivity contribution < 1.29 is 13.2 Å². The first-order valence-electron chi connectivity index (χ1n) is 7.89. The van der Waals surface area contributed by atoms with Gasteiger partial charge in [0, 0.05) is 28.7 Å². The Kier molecular flexibility index (Phi) is 5.75. The summed E-state index contributed by atoms with van der Waals surface area (Å²) in [6.07, 6.45) is 1.45. The predicted octanol–water partition coefficient (Wildman–Crippen LogP) is 2.92. The summed E-state index contributed by atoms with van der Waals surface area (Å²) < 4.78 is 30.2. The molecule has 0 radical (unpaired) electrons. The van der Waals surface area contributed by atoms with E-state index in [0.29, 0.717) is 11.3 Å². The molecule has 27 heavy (non-hydrogen) atoms. The Morgan fingerprint density at radius 1 is 1.11 bits per heavy atom. The second kappa shape index (κ2) is 8.21. The van der Waals surface area contributed by atoms with E-state index in [-0.39, 0.29) is 17.3 Å². The molecule has 3 aromatic rings. The van der Waals surface area contributed by atoms with Crippen LogP contribution >= 0.6 is 11.5 Å². The third kappa shape index (κ3) is 4.64. The molecule has 7 nitrogen and oxygen atoms in total. The van der Waals surface area contributed by atoms with E-state index in [2.05, 4.69) is 26.2 Å². The van der Waals surface area contributed by atoms with Gasteiger partial charge in [-0.15, -0.1) is 11.7 Å². The molecule has 138 valence electrons. The molecule has 0 bridgehead atoms. The highest BCUT2D eigenvalue weighted by atomic mass is 32.2. The number of hydrogen-bond acceptors (Lipinski definition) is 6. The first kappa shape index (κ1) is 18.9. The number of nitrogens with one attached hydrogen (secondary N) is 2. The summed E-state index contributed by atoms with van der Waals surface area (Å²) in [5.74, 6) is -0.332. The fourth-order valence-corrected chi connectivity index (χ4v) is 3.72. The molecule has 0 saturated heterocycles. The number of carbonyl (C=O) groups excluding carboxylic acids is 1. The van der Waals surface area contributed by atoms with Crippen molar-refractivity contribution in [3.8, 4) is 11.3 Å². The van der Waals surface area contributed by atoms with Crippen molar-refractivity contribution in [2.45, 2.75) is 4.90 Å². The Morgan fingerprint density at radius 2 is 1.81 bits per heavy atom. The van der Waals surface area contributed by atoms with Crippen molar-refractivity contribution in [3.05, 3.63) is 72.1 Å². The number of aromatic nitrogens is 2. The largest absolute Gasteiger partial charge is 0.322 e. The third-order valence-electron chi connectivity index (χ3n) is 3.64. The van der Waals surface area contributed by atoms with E-state index in [1.54, 1.807) is 12.1 Å². The monoisotopic (exact) mass is 400 g/mol. The van der Waals surface area contributed by atoms with Gasteiger partial charge in [0.15, 0.2) is 0 Å². The molecule has 0 unspecified atom stereocenters. The second-order valence-electron chi connectivity index (χ2n) is 5.49. The van der Waals surface area contributed by atoms with Gasteiger partial charge in [-0.25, -0.2) is 13.1 Å². The predicted molar refractivity (Wildman–Crippen MR) is 105 cm³/mol. The second-order valence-corrected chi connectivity index (χ2v) is 7.86. The van der Waals surface area contributed by atoms with Crippen LogP contribution in [0.25, 0.3) is 11.3 Å². The number of hydrogen-bond donors (Lipinski definition) is 2. The van der Waals surface area contributed by atoms with Crippen LogP contribution in [0.2, 0.25) is 0 Å². The molecule has 2 aromatic carbocycles. The van der Waals surface area contributed by atoms with Crippen molar-refractivity contribution >= 4 is 33.2 Å². The third-order valence-corrected chi connectivity index (χ3v) is 5.59. The average molecular weight is 400 g/mol. The summed E-state index contributed by atoms with van der Waals surface area (Å²) in [6, 6.07) is 12.9. The van der Waals surface area contributed by atoms with Crippen LogP contribution in [0.1, 0.15) is 10.4 Å². The van der Waals surface area contributed by atoms with Gasteiger partial charge in [0.1, 0.15) is 5.69 Å². The van der Waals surface area contributed by atoms with E-state index in [1.165, 1.54) is 41.9 Å². The maximum Gasteiger partial charge on any atom is 0.255 e. The molecule has 0 fully saturated rings. The van der Waals surface area contributed by atoms with Gasteiger partial charge in [-0.3, -0.25) is 4.79 Å². The topological polar surface area (TPSA) is 101 Å². The molecule has 0 aliphatic carbocycles. The van der Waals surface area contributed by atoms with Crippen LogP contribution < -0.4 is 10.0 Å². The summed E-state index contributed by atoms with van der Waals surface area (Å²) in [6.45, 7) is 3.60. The first-order chi connectivity index (χ1) is 13.0. The molecule has 1 aromatic heterocycles. The van der Waals surface area contributed by atoms with Gasteiger partial charge in [-0.1, -0.05) is 22.7 Å². The maximum atomic E-state index is 12.4. The fourth-order valence-electron chi connectivity index (χ4n) is 2.26. The molecule has 2 N–H and O–H groups in total. The zero-order chi connectivity index (χ0) is 19.3. The van der Waals surface area contributed by atoms with Crippen LogP contribution in [0, 0.1) is 0 Å². The number of sulfonamides is 1. The van der Waals surface area contributed by atoms with Gasteiger partial charge in [0.05, 0.1) is 4.90 Å². The summed E-state index contributed by atoms with van der Waals surface area (Å²) >= 11 is 1.27. The SMILES string of the molecule is C=CCNS(=O)(=O)c1ccc(C(=O)Nc2ccc(-c3csnn3)cc2)cc1. The van der Waals surface area contributed by atoms with Gasteiger partial charge < -0.3 is 5.32 Å². The van der Waals surface area contributed by atoms with E-state index in [1.807, 2.05) is 17.5 Å². The lowest BCUT2D eigenvalue weighted by Gasteiger charge is -2.08. The summed E-state index contributed by atoms with van der Waals surface area (Å²) in [5, 5.41) is 8.61. The standard InChI is InChI=1S/C18H16N4O3S2/c1-2-11-19-27(24,25)16-9-5-14(6-10-16)18(23)20-15-7-3-13(4-8-15)17-12-26-22-21-17/h2-10,12,19H,1,11H2,(H,20,23). The van der Waals surface area contributed by atoms with Crippen molar-refractivity contribution in [3.63, 3.8) is 0 Å². The van der Waals surface area contributed by atoms with E-state index in [9.17, 15) is 13.2 Å². The van der Waals surface area contributed by atoms with Gasteiger partial charge in [0.2, 0.25) is 10.0 Å². The molecule has 0 aliphatic rings. The zero-order valence-electron chi connectivity index (χ0n) is 14.1. The lowest BCUT2D eigenvalue weighted by molar-refractivity contribution is 0.102. The molecular weight excluding hydrogens is 384 g/mol. The van der Waals surface area contributed by atoms with Crippen LogP contribution in [0.3, 0.4) is 0 Å². The van der Waals surface area contributed by atoms with E-state index >= 15 is 0 Å². The molecule has 0 atom stereocenters. The first-order valence-corrected chi connectivity index (χ1v) is 10.2. The molecule has 1 heterocycles. The molecule has 0 saturated carbocycles. The molecule has 9 heteroatoms. The minimum atomic E-state index is -3.61. The Hall–Kier alpha value is -2.88. The van der Waals surface area contributed by atoms with Gasteiger partial charge >= 0.3 is 0 Å². The average Bonchev–Trinajstić information content (AvgIpc) is 3.22. The van der Waals surface area contributed by atoms with Crippen molar-refractivity contribution in [2.24, 2.45) is 0 Å². The fraction of sp³-hybridized carbons (Fsp3) is 0.0556. The highest BCUT2D eigenvalue weighted by Crippen LogP contribution is 2.20. The normalized spacial score (nSPS) is 11.1. The number of carbonyl (C=O) groups is 1. The lowest BCUT2D eigenvalue weighted by atomic mass is 10.1. The number of anilines is 1. The van der Waals surface area contributed by atoms with E-state index < -0.39 is 10.0 Å². The zero-order valence-corrected chi connectivity index (χ0v) is 15.8. The lowest BCUT2D eigenvalue weighted by Crippen LogP contribution is -2.23. The summed E-state index contributed by atoms with van der Waals surface area (Å²) in [5.41, 5.74) is 2.66. The van der Waals surface area contributed by atoms with Crippen molar-refractivity contribution in [2.75, 3.05) is 11.9 Å². The Labute approximate surface area is 161 Å². The Balaban J connectivity index is 1.68. The van der Waals surface area contributed by atoms with Crippen molar-refractivity contribution in [1.29, 1.82) is 0 Å². The van der Waals surface area contributed by atoms with Gasteiger partial charge in [-0.05, 0) is 47.9 Å². The van der Waals surface area contributed by atoms with Gasteiger partial charge in [0.25, 0.3) is 5.91 Å². The highest BCUT2D eigenvalue weighted by molar-refractivity contribution is 7.89. The minimum absolute atomic E-state index is 0.0853. The Morgan fingerprint density at radius 3 is 2.41 bits per heavy atom. The Bertz CT molecular complexity index is 1030. The molecule has 3 rings (SSSR count). The summed E-state index contributed by atoms with van der Waals surface area (Å²) in [7, 11) is -3.61. The highest BCUT2D eigenvalue weighted by Gasteiger charge is 2.14. The summed E-state index contributed by atoms with van der Waals surface area (Å²) in [4.78, 5) is 12.4. The van der Waals surface area contributed by atoms with Crippen LogP contribution in [-0.4, -0.2) is 30.5 Å². The molecule has 0 aliphatic heterocycles. The number of benzene rings is 2. The van der Waals surface area contributed by atoms with Gasteiger partial charge in [-0.2, -0.15) is 0 Å². The molecule has 1 amide bonds. The van der Waals surface area contributed by atoms with E-state index in [0.717, 1.165) is 11.3 Å². The minimum Gasteiger partial charge on any atom is -0.322 e. The number of rotatable bonds is 7. The van der Waals surface area contributed by atoms with E-state index in [4.69, 9.17) is 0 Å². The van der Waals surface area contributed by atoms with Crippen molar-refractivity contribution in [1.82, 2.24) is 14.3 Å². The van der Waals surface area contributed by atoms with Crippen LogP contribution in [0.15, 0.2) is 71.5 Å². The smallest absolute Gasteiger partial charge is 0.255 e. The quantitative estimate of drug-likeness (QED) is 0.594. The number of amides is 1.